The molecule has 2 heterocycles. The molecule has 18 heavy (non-hydrogen) atoms. The summed E-state index contributed by atoms with van der Waals surface area (Å²) in [5.74, 6) is 0.444. The van der Waals surface area contributed by atoms with E-state index < -0.39 is 5.95 Å². The van der Waals surface area contributed by atoms with E-state index in [4.69, 9.17) is 0 Å². The topological polar surface area (TPSA) is 50.7 Å². The first-order chi connectivity index (χ1) is 8.65. The van der Waals surface area contributed by atoms with Gasteiger partial charge < -0.3 is 5.32 Å². The zero-order valence-corrected chi connectivity index (χ0v) is 10.4. The maximum atomic E-state index is 12.9. The fraction of sp³-hybridized carbons (Fsp3) is 0.308. The third kappa shape index (κ3) is 3.23. The van der Waals surface area contributed by atoms with E-state index in [0.717, 1.165) is 5.56 Å². The third-order valence-electron chi connectivity index (χ3n) is 2.54. The molecule has 5 heteroatoms. The maximum absolute atomic E-state index is 12.9. The van der Waals surface area contributed by atoms with Gasteiger partial charge in [-0.15, -0.1) is 0 Å². The summed E-state index contributed by atoms with van der Waals surface area (Å²) in [6.07, 6.45) is 3.58. The van der Waals surface area contributed by atoms with Crippen LogP contribution >= 0.6 is 0 Å². The summed E-state index contributed by atoms with van der Waals surface area (Å²) in [4.78, 5) is 12.1. The predicted molar refractivity (Wildman–Crippen MR) is 67.6 cm³/mol. The van der Waals surface area contributed by atoms with Gasteiger partial charge in [0, 0.05) is 12.4 Å². The first kappa shape index (κ1) is 12.4. The number of aromatic nitrogens is 3. The van der Waals surface area contributed by atoms with Crippen molar-refractivity contribution in [2.45, 2.75) is 26.3 Å². The highest BCUT2D eigenvalue weighted by Gasteiger charge is 2.02. The van der Waals surface area contributed by atoms with Crippen LogP contribution < -0.4 is 5.32 Å². The van der Waals surface area contributed by atoms with Crippen molar-refractivity contribution in [1.29, 1.82) is 0 Å². The van der Waals surface area contributed by atoms with Crippen LogP contribution in [-0.2, 0) is 6.54 Å². The van der Waals surface area contributed by atoms with Gasteiger partial charge in [0.15, 0.2) is 0 Å². The van der Waals surface area contributed by atoms with E-state index >= 15 is 0 Å². The monoisotopic (exact) mass is 246 g/mol. The number of halogens is 1. The van der Waals surface area contributed by atoms with Gasteiger partial charge in [0.25, 0.3) is 0 Å². The molecule has 0 saturated heterocycles. The zero-order valence-electron chi connectivity index (χ0n) is 10.4. The molecule has 2 aromatic rings. The highest BCUT2D eigenvalue weighted by Crippen LogP contribution is 2.12. The van der Waals surface area contributed by atoms with Crippen LogP contribution in [0.1, 0.15) is 31.0 Å². The summed E-state index contributed by atoms with van der Waals surface area (Å²) < 4.78 is 12.9. The van der Waals surface area contributed by atoms with Crippen molar-refractivity contribution in [1.82, 2.24) is 15.0 Å². The Balaban J connectivity index is 1.98. The molecule has 2 aromatic heterocycles. The van der Waals surface area contributed by atoms with Gasteiger partial charge in [0.05, 0.1) is 12.2 Å². The minimum atomic E-state index is -0.481. The van der Waals surface area contributed by atoms with Crippen molar-refractivity contribution in [3.05, 3.63) is 47.8 Å². The molecule has 0 bridgehead atoms. The summed E-state index contributed by atoms with van der Waals surface area (Å²) in [5, 5.41) is 3.00. The molecule has 0 aliphatic carbocycles. The Kier molecular flexibility index (Phi) is 3.82. The Bertz CT molecular complexity index is 511. The lowest BCUT2D eigenvalue weighted by Gasteiger charge is -2.06. The second-order valence-electron chi connectivity index (χ2n) is 4.30. The van der Waals surface area contributed by atoms with Crippen molar-refractivity contribution in [3.63, 3.8) is 0 Å². The molecule has 0 saturated carbocycles. The molecule has 94 valence electrons. The fourth-order valence-electron chi connectivity index (χ4n) is 1.45. The third-order valence-corrected chi connectivity index (χ3v) is 2.54. The van der Waals surface area contributed by atoms with Crippen LogP contribution in [0.4, 0.5) is 10.3 Å². The number of nitrogens with zero attached hydrogens (tertiary/aromatic N) is 3. The van der Waals surface area contributed by atoms with Gasteiger partial charge in [-0.05, 0) is 23.6 Å². The van der Waals surface area contributed by atoms with Crippen LogP contribution in [-0.4, -0.2) is 15.0 Å². The van der Waals surface area contributed by atoms with Gasteiger partial charge in [0.1, 0.15) is 0 Å². The summed E-state index contributed by atoms with van der Waals surface area (Å²) in [6.45, 7) is 4.57. The molecule has 0 unspecified atom stereocenters. The minimum absolute atomic E-state index is 0.402. The number of rotatable bonds is 4. The van der Waals surface area contributed by atoms with Crippen molar-refractivity contribution >= 4 is 5.95 Å². The van der Waals surface area contributed by atoms with Crippen molar-refractivity contribution < 1.29 is 4.39 Å². The second kappa shape index (κ2) is 5.53. The maximum Gasteiger partial charge on any atom is 0.222 e. The van der Waals surface area contributed by atoms with Gasteiger partial charge in [0.2, 0.25) is 11.9 Å². The van der Waals surface area contributed by atoms with E-state index in [1.807, 2.05) is 0 Å². The van der Waals surface area contributed by atoms with Crippen LogP contribution in [0.15, 0.2) is 30.6 Å². The fourth-order valence-corrected chi connectivity index (χ4v) is 1.45. The molecule has 2 rings (SSSR count). The van der Waals surface area contributed by atoms with Crippen LogP contribution in [0.5, 0.6) is 0 Å². The number of hydrogen-bond donors (Lipinski definition) is 1. The van der Waals surface area contributed by atoms with Crippen molar-refractivity contribution in [3.8, 4) is 0 Å². The number of anilines is 1. The lowest BCUT2D eigenvalue weighted by Crippen LogP contribution is -2.06. The molecule has 1 N–H and O–H groups in total. The Morgan fingerprint density at radius 3 is 2.56 bits per heavy atom. The number of nitrogens with one attached hydrogen (secondary N) is 1. The molecule has 0 atom stereocenters. The highest BCUT2D eigenvalue weighted by molar-refractivity contribution is 5.26. The average Bonchev–Trinajstić information content (AvgIpc) is 2.37. The lowest BCUT2D eigenvalue weighted by molar-refractivity contribution is 0.577. The molecule has 0 fully saturated rings. The molecule has 0 aliphatic rings. The smallest absolute Gasteiger partial charge is 0.222 e. The van der Waals surface area contributed by atoms with Crippen molar-refractivity contribution in [2.75, 3.05) is 5.32 Å². The Morgan fingerprint density at radius 1 is 1.22 bits per heavy atom. The minimum Gasteiger partial charge on any atom is -0.349 e. The first-order valence-electron chi connectivity index (χ1n) is 5.82. The zero-order chi connectivity index (χ0) is 13.0. The predicted octanol–water partition coefficient (Wildman–Crippen LogP) is 2.75. The number of pyridine rings is 1. The SMILES string of the molecule is CC(C)c1cnc(NCc2cccc(F)n2)nc1. The summed E-state index contributed by atoms with van der Waals surface area (Å²) >= 11 is 0. The standard InChI is InChI=1S/C13H15FN4/c1-9(2)10-6-15-13(16-7-10)17-8-11-4-3-5-12(14)18-11/h3-7,9H,8H2,1-2H3,(H,15,16,17). The van der Waals surface area contributed by atoms with E-state index in [1.54, 1.807) is 24.5 Å². The Morgan fingerprint density at radius 2 is 1.94 bits per heavy atom. The molecule has 0 aromatic carbocycles. The van der Waals surface area contributed by atoms with E-state index in [2.05, 4.69) is 34.1 Å². The average molecular weight is 246 g/mol. The Labute approximate surface area is 105 Å². The number of hydrogen-bond acceptors (Lipinski definition) is 4. The quantitative estimate of drug-likeness (QED) is 0.843. The second-order valence-corrected chi connectivity index (χ2v) is 4.30. The van der Waals surface area contributed by atoms with Crippen LogP contribution in [0.3, 0.4) is 0 Å². The summed E-state index contributed by atoms with van der Waals surface area (Å²) in [6, 6.07) is 4.69. The van der Waals surface area contributed by atoms with E-state index in [-0.39, 0.29) is 0 Å². The lowest BCUT2D eigenvalue weighted by atomic mass is 10.1. The van der Waals surface area contributed by atoms with Gasteiger partial charge in [-0.2, -0.15) is 4.39 Å². The van der Waals surface area contributed by atoms with Gasteiger partial charge in [-0.25, -0.2) is 15.0 Å². The largest absolute Gasteiger partial charge is 0.349 e. The van der Waals surface area contributed by atoms with Crippen LogP contribution in [0.25, 0.3) is 0 Å². The normalized spacial score (nSPS) is 10.7. The summed E-state index contributed by atoms with van der Waals surface area (Å²) in [7, 11) is 0. The molecule has 4 nitrogen and oxygen atoms in total. The summed E-state index contributed by atoms with van der Waals surface area (Å²) in [5.41, 5.74) is 1.70. The van der Waals surface area contributed by atoms with Crippen molar-refractivity contribution in [2.24, 2.45) is 0 Å². The van der Waals surface area contributed by atoms with E-state index in [9.17, 15) is 4.39 Å². The van der Waals surface area contributed by atoms with Gasteiger partial charge >= 0.3 is 0 Å². The molecule has 0 aliphatic heterocycles. The molecule has 0 radical (unpaired) electrons. The van der Waals surface area contributed by atoms with Gasteiger partial charge in [-0.1, -0.05) is 19.9 Å². The van der Waals surface area contributed by atoms with Crippen LogP contribution in [0.2, 0.25) is 0 Å². The van der Waals surface area contributed by atoms with E-state index in [0.29, 0.717) is 24.1 Å². The first-order valence-corrected chi connectivity index (χ1v) is 5.82. The van der Waals surface area contributed by atoms with Crippen LogP contribution in [0, 0.1) is 5.95 Å². The van der Waals surface area contributed by atoms with Gasteiger partial charge in [-0.3, -0.25) is 0 Å². The Hall–Kier alpha value is -2.04. The molecule has 0 spiro atoms. The highest BCUT2D eigenvalue weighted by atomic mass is 19.1. The van der Waals surface area contributed by atoms with E-state index in [1.165, 1.54) is 6.07 Å². The molecular weight excluding hydrogens is 231 g/mol. The molecule has 0 amide bonds. The molecular formula is C13H15FN4.